The normalized spacial score (nSPS) is 24.4. The third-order valence-electron chi connectivity index (χ3n) is 22.0. The number of halogens is 11. The van der Waals surface area contributed by atoms with Crippen molar-refractivity contribution in [1.29, 1.82) is 0 Å². The maximum absolute atomic E-state index is 9.94. The van der Waals surface area contributed by atoms with Crippen LogP contribution >= 0.6 is 139 Å². The van der Waals surface area contributed by atoms with Crippen LogP contribution in [0.5, 0.6) is 28.7 Å². The van der Waals surface area contributed by atoms with E-state index in [1.165, 1.54) is 12.4 Å². The van der Waals surface area contributed by atoms with Crippen molar-refractivity contribution in [3.63, 3.8) is 0 Å². The average molecular weight is 2410 g/mol. The van der Waals surface area contributed by atoms with E-state index >= 15 is 0 Å². The largest absolute Gasteiger partial charge is 0.484 e. The SMILES string of the molecule is C.C.C.CC.CC.Clc1ccnc(Cl)n1.Clc1ccnc(Cl)n1.Nc1ccc(O[C@H]2CO[C@H]3[C@@H]2OC[C@@H]3O)c(Cl)c1.Nc1ccccc1.O[C@H]1CO[C@H]2[C@@H]1OC[C@@H]2Oc1ccc(Nc2ccnc(Cl)n2)cc1Cl.O[C@H]1CO[C@H]2[C@@H]1OC[C@@H]2Oc1ccc(Nc2ccnc(Nc3ccc(OC4CO[C@H]5[C@@H]4OC[C@@H]5O)c(Cl)c3)n2)cc1Cl.O[C@H]1CO[C@H]2[C@@H]1OC[C@@H]2Oc1ccc(Nc2ccnc(Nc3ccccc3)n2)cc1Cl.[CH2-]I.[V]. The van der Waals surface area contributed by atoms with E-state index in [2.05, 4.69) is 81.4 Å². The molecule has 10 saturated heterocycles. The molecule has 0 amide bonds. The molecule has 15 heterocycles. The zero-order valence-electron chi connectivity index (χ0n) is 78.1. The molecule has 20 atom stereocenters. The molecule has 5 aromatic heterocycles. The number of nitrogens with two attached hydrogens (primary N) is 2. The second kappa shape index (κ2) is 61.9. The Hall–Kier alpha value is -8.85. The number of para-hydroxylation sites is 2. The van der Waals surface area contributed by atoms with Gasteiger partial charge in [-0.1, -0.05) is 168 Å². The Morgan fingerprint density at radius 2 is 0.530 bits per heavy atom. The standard InChI is InChI=1S/C28H28Cl2N4O8.C22H21ClN4O4.C16H15Cl2N3O4.C12H14ClNO4.C6H7N.2C4H2Cl2N2.2C2H6.CH2I.3CH4.V/c29-15-7-13(1-3-19(15)41-21-11-39-24-17(35)9-37-26(21)24)32-23-5-6-31-28(34-23)33-14-2-4-20(16(30)8-14)42-22-12-40-25-18(36)10-38-27(22)25;23-15-10-14(6-7-17(15)31-18-12-30-20-16(28)11-29-21(18)20)25-19-8-9-24-22(27-19)26-13-4-2-1-3-5-13;17-9-5-8(20-13-3-4-19-16(18)21-13)1-2-11(9)25-12-7-24-14-10(22)6-23-15(12)14;13-7-3-6(14)1-2-9(7)18-10-5-17-11-8(15)4-16-12(10)11;7-6-4-2-1-3-5-6;2*5-3-1-2-7-4(6)8-3;3*1-2;;;;/h1-8,17-18,21-22,24-27,35-36H,9-12H2,(H2,31,32,33,34);1-10,16,18,20-21,28H,11-12H2,(H2,24,25,26,27);1-5,10,12,14-15,22H,6-7H2,(H,19,20,21);1-3,8,10-12,15H,4-5,14H2;1-5H,7H2;2*1-2H;2*1-2H3;1H2;3*1H4;/q;;;;;;;;;-1;;;;/t17-,18-,21-,22?,24+,25+,26+,27+;16-,18-,20+,21+;10-,12-,14+,15+;8-,10-,11+,12+;;;;;;;;;;/m0000........../s1. The summed E-state index contributed by atoms with van der Waals surface area (Å²) in [5.41, 5.74) is 16.1. The van der Waals surface area contributed by atoms with Crippen molar-refractivity contribution in [2.24, 2.45) is 0 Å². The van der Waals surface area contributed by atoms with Gasteiger partial charge in [0.05, 0.1) is 91.2 Å². The number of nitrogens with zero attached hydrogens (tertiary/aromatic N) is 10. The number of rotatable bonds is 20. The molecular weight excluding hydrogens is 2290 g/mol. The number of ether oxygens (including phenoxy) is 15. The average Bonchev–Trinajstić information content (AvgIpc) is 1.67. The van der Waals surface area contributed by atoms with Crippen LogP contribution < -0.4 is 61.7 Å². The molecule has 14 N–H and O–H groups in total. The number of hydrogen-bond donors (Lipinski definition) is 12. The zero-order chi connectivity index (χ0) is 103. The van der Waals surface area contributed by atoms with E-state index in [1.54, 1.807) is 122 Å². The first kappa shape index (κ1) is 124. The van der Waals surface area contributed by atoms with Crippen molar-refractivity contribution in [2.75, 3.05) is 104 Å². The number of anilines is 12. The van der Waals surface area contributed by atoms with Crippen LogP contribution in [0.1, 0.15) is 50.0 Å². The van der Waals surface area contributed by atoms with Crippen molar-refractivity contribution < 1.29 is 115 Å². The van der Waals surface area contributed by atoms with Gasteiger partial charge in [-0.3, -0.25) is 4.93 Å². The van der Waals surface area contributed by atoms with Crippen LogP contribution in [-0.4, -0.2) is 264 Å². The van der Waals surface area contributed by atoms with E-state index in [0.717, 1.165) is 22.7 Å². The summed E-state index contributed by atoms with van der Waals surface area (Å²) >= 11 is 61.0. The van der Waals surface area contributed by atoms with Gasteiger partial charge in [-0.05, 0) is 180 Å². The van der Waals surface area contributed by atoms with Crippen molar-refractivity contribution >= 4 is 208 Å². The summed E-state index contributed by atoms with van der Waals surface area (Å²) in [6.45, 7) is 11.0. The monoisotopic (exact) mass is 2400 g/mol. The third-order valence-corrected chi connectivity index (χ3v) is 24.5. The first-order valence-corrected chi connectivity index (χ1v) is 50.6. The van der Waals surface area contributed by atoms with Crippen LogP contribution in [-0.2, 0) is 65.9 Å². The number of hydrogen-bond acceptors (Lipinski definition) is 37. The van der Waals surface area contributed by atoms with Gasteiger partial charge in [-0.2, -0.15) is 9.97 Å². The maximum atomic E-state index is 9.94. The van der Waals surface area contributed by atoms with Crippen LogP contribution in [0.4, 0.5) is 69.2 Å². The van der Waals surface area contributed by atoms with Gasteiger partial charge >= 0.3 is 0 Å². The molecule has 10 fully saturated rings. The zero-order valence-corrected chi connectivity index (χ0v) is 89.2. The Labute approximate surface area is 939 Å². The topological polar surface area (TPSA) is 481 Å². The first-order chi connectivity index (χ1) is 70.3. The molecule has 0 saturated carbocycles. The number of aromatic nitrogens is 10. The van der Waals surface area contributed by atoms with E-state index in [1.807, 2.05) is 129 Å². The Kier molecular flexibility index (Phi) is 51.4. The number of benzene rings is 7. The molecule has 10 aliphatic rings. The Morgan fingerprint density at radius 3 is 0.792 bits per heavy atom. The molecular formula is C100H115Cl10IN17O20V-. The summed E-state index contributed by atoms with van der Waals surface area (Å²) in [6.07, 6.45) is -0.0688. The number of aliphatic hydroxyl groups is 5. The molecule has 7 aromatic carbocycles. The summed E-state index contributed by atoms with van der Waals surface area (Å²) in [7, 11) is 0. The summed E-state index contributed by atoms with van der Waals surface area (Å²) in [4.78, 5) is 43.1. The van der Waals surface area contributed by atoms with Crippen LogP contribution in [0, 0.1) is 4.93 Å². The number of aliphatic hydroxyl groups excluding tert-OH is 5. The Bertz CT molecular complexity index is 5930. The molecule has 1 unspecified atom stereocenters. The Balaban J connectivity index is 0.000000205. The van der Waals surface area contributed by atoms with Gasteiger partial charge in [0, 0.05) is 89.4 Å². The van der Waals surface area contributed by atoms with Crippen LogP contribution in [0.3, 0.4) is 0 Å². The number of nitrogen functional groups attached to an aromatic ring is 2. The molecule has 12 aromatic rings. The fourth-order valence-corrected chi connectivity index (χ4v) is 17.5. The molecule has 0 bridgehead atoms. The fourth-order valence-electron chi connectivity index (χ4n) is 15.5. The Morgan fingerprint density at radius 1 is 0.282 bits per heavy atom. The predicted octanol–water partition coefficient (Wildman–Crippen LogP) is 19.9. The predicted molar refractivity (Wildman–Crippen MR) is 582 cm³/mol. The van der Waals surface area contributed by atoms with Crippen LogP contribution in [0.25, 0.3) is 0 Å². The third kappa shape index (κ3) is 35.3. The first-order valence-electron chi connectivity index (χ1n) is 45.3. The van der Waals surface area contributed by atoms with E-state index in [4.69, 9.17) is 199 Å². The number of fused-ring (bicyclic) bond motifs is 5. The van der Waals surface area contributed by atoms with Gasteiger partial charge in [0.25, 0.3) is 0 Å². The van der Waals surface area contributed by atoms with E-state index in [0.29, 0.717) is 144 Å². The van der Waals surface area contributed by atoms with Crippen molar-refractivity contribution in [3.8, 4) is 28.7 Å². The van der Waals surface area contributed by atoms with E-state index < -0.39 is 30.5 Å². The summed E-state index contributed by atoms with van der Waals surface area (Å²) < 4.78 is 85.5. The molecule has 37 nitrogen and oxygen atoms in total. The molecule has 1 radical (unpaired) electrons. The smallest absolute Gasteiger partial charge is 0.229 e. The van der Waals surface area contributed by atoms with Crippen molar-refractivity contribution in [1.82, 2.24) is 49.8 Å². The molecule has 22 rings (SSSR count). The van der Waals surface area contributed by atoms with Crippen LogP contribution in [0.2, 0.25) is 51.3 Å². The molecule has 49 heteroatoms. The van der Waals surface area contributed by atoms with E-state index in [9.17, 15) is 25.5 Å². The van der Waals surface area contributed by atoms with Gasteiger partial charge in [0.2, 0.25) is 27.7 Å². The number of nitrogens with one attached hydrogen (secondary N) is 5. The second-order valence-corrected chi connectivity index (χ2v) is 35.6. The van der Waals surface area contributed by atoms with Gasteiger partial charge in [0.15, 0.2) is 30.5 Å². The van der Waals surface area contributed by atoms with Gasteiger partial charge in [-0.25, -0.2) is 39.9 Å². The van der Waals surface area contributed by atoms with Gasteiger partial charge in [0.1, 0.15) is 148 Å². The van der Waals surface area contributed by atoms with Gasteiger partial charge < -0.3 is 157 Å². The summed E-state index contributed by atoms with van der Waals surface area (Å²) in [6, 6.07) is 53.9. The summed E-state index contributed by atoms with van der Waals surface area (Å²) in [5, 5.41) is 68.4. The summed E-state index contributed by atoms with van der Waals surface area (Å²) in [5.74, 6) is 5.13. The minimum atomic E-state index is -0.648. The molecule has 149 heavy (non-hydrogen) atoms. The van der Waals surface area contributed by atoms with Crippen LogP contribution in [0.15, 0.2) is 213 Å². The molecule has 803 valence electrons. The van der Waals surface area contributed by atoms with E-state index in [-0.39, 0.29) is 181 Å². The molecule has 0 aliphatic carbocycles. The minimum absolute atomic E-state index is 0. The molecule has 10 aliphatic heterocycles. The minimum Gasteiger partial charge on any atom is -0.484 e. The maximum Gasteiger partial charge on any atom is 0.229 e. The van der Waals surface area contributed by atoms with Crippen molar-refractivity contribution in [2.45, 2.75) is 172 Å². The molecule has 0 spiro atoms. The quantitative estimate of drug-likeness (QED) is 0.0111. The van der Waals surface area contributed by atoms with Gasteiger partial charge in [-0.15, -0.1) is 0 Å². The van der Waals surface area contributed by atoms with Crippen molar-refractivity contribution in [3.05, 3.63) is 269 Å². The fraction of sp³-hybridized carbons (Fsp3) is 0.370. The second-order valence-electron chi connectivity index (χ2n) is 31.8.